The van der Waals surface area contributed by atoms with Crippen LogP contribution in [0.5, 0.6) is 0 Å². The summed E-state index contributed by atoms with van der Waals surface area (Å²) in [4.78, 5) is 4.06. The summed E-state index contributed by atoms with van der Waals surface area (Å²) in [6, 6.07) is 2.04. The van der Waals surface area contributed by atoms with E-state index in [1.807, 2.05) is 54.5 Å². The Labute approximate surface area is 99.3 Å². The van der Waals surface area contributed by atoms with Crippen molar-refractivity contribution in [3.8, 4) is 6.07 Å². The van der Waals surface area contributed by atoms with Crippen LogP contribution in [0.3, 0.4) is 0 Å². The summed E-state index contributed by atoms with van der Waals surface area (Å²) in [5.74, 6) is 0.332. The summed E-state index contributed by atoms with van der Waals surface area (Å²) in [6.07, 6.45) is 0. The summed E-state index contributed by atoms with van der Waals surface area (Å²) in [6.45, 7) is 13.7. The number of nitrogens with two attached hydrogens (primary N) is 1. The molecule has 0 saturated carbocycles. The maximum Gasteiger partial charge on any atom is 0.141 e. The summed E-state index contributed by atoms with van der Waals surface area (Å²) in [5.41, 5.74) is 8.93. The first-order chi connectivity index (χ1) is 7.57. The van der Waals surface area contributed by atoms with E-state index < -0.39 is 0 Å². The number of hydrogen-bond acceptors (Lipinski definition) is 3. The maximum absolute atomic E-state index is 8.74. The van der Waals surface area contributed by atoms with Crippen molar-refractivity contribution in [1.29, 1.82) is 5.26 Å². The van der Waals surface area contributed by atoms with Crippen LogP contribution in [0.2, 0.25) is 0 Å². The van der Waals surface area contributed by atoms with E-state index in [-0.39, 0.29) is 0 Å². The van der Waals surface area contributed by atoms with Gasteiger partial charge in [-0.2, -0.15) is 5.26 Å². The van der Waals surface area contributed by atoms with Gasteiger partial charge in [-0.05, 0) is 31.9 Å². The predicted molar refractivity (Wildman–Crippen MR) is 70.3 cm³/mol. The molecule has 0 aliphatic rings. The van der Waals surface area contributed by atoms with Gasteiger partial charge in [0.1, 0.15) is 11.9 Å². The Morgan fingerprint density at radius 3 is 1.81 bits per heavy atom. The van der Waals surface area contributed by atoms with Crippen molar-refractivity contribution in [3.05, 3.63) is 22.4 Å². The number of pyridine rings is 1. The maximum atomic E-state index is 8.74. The minimum atomic E-state index is 0.332. The highest BCUT2D eigenvalue weighted by molar-refractivity contribution is 5.56. The van der Waals surface area contributed by atoms with Gasteiger partial charge in [-0.25, -0.2) is 4.98 Å². The first-order valence-corrected chi connectivity index (χ1v) is 5.71. The molecule has 0 saturated heterocycles. The third-order valence-electron chi connectivity index (χ3n) is 2.14. The zero-order valence-electron chi connectivity index (χ0n) is 11.5. The number of aromatic nitrogens is 1. The summed E-state index contributed by atoms with van der Waals surface area (Å²) >= 11 is 0. The zero-order valence-corrected chi connectivity index (χ0v) is 11.5. The Bertz CT molecular complexity index is 362. The normalized spacial score (nSPS) is 7.88. The third-order valence-corrected chi connectivity index (χ3v) is 2.14. The van der Waals surface area contributed by atoms with Gasteiger partial charge < -0.3 is 5.73 Å². The summed E-state index contributed by atoms with van der Waals surface area (Å²) < 4.78 is 0. The van der Waals surface area contributed by atoms with E-state index in [0.717, 1.165) is 16.8 Å². The number of anilines is 1. The molecule has 0 amide bonds. The van der Waals surface area contributed by atoms with Crippen LogP contribution in [-0.4, -0.2) is 4.98 Å². The number of nitriles is 1. The van der Waals surface area contributed by atoms with E-state index in [1.54, 1.807) is 0 Å². The van der Waals surface area contributed by atoms with Gasteiger partial charge in [0.2, 0.25) is 0 Å². The molecule has 90 valence electrons. The van der Waals surface area contributed by atoms with Crippen LogP contribution in [0.25, 0.3) is 0 Å². The van der Waals surface area contributed by atoms with Gasteiger partial charge in [0.05, 0.1) is 5.56 Å². The van der Waals surface area contributed by atoms with E-state index in [9.17, 15) is 0 Å². The molecular formula is C13H23N3. The highest BCUT2D eigenvalue weighted by Crippen LogP contribution is 2.19. The molecule has 3 heteroatoms. The lowest BCUT2D eigenvalue weighted by molar-refractivity contribution is 1.12. The van der Waals surface area contributed by atoms with Crippen molar-refractivity contribution < 1.29 is 0 Å². The smallest absolute Gasteiger partial charge is 0.141 e. The highest BCUT2D eigenvalue weighted by Gasteiger charge is 2.08. The number of nitrogen functional groups attached to an aromatic ring is 1. The van der Waals surface area contributed by atoms with Crippen LogP contribution < -0.4 is 5.73 Å². The quantitative estimate of drug-likeness (QED) is 0.729. The lowest BCUT2D eigenvalue weighted by atomic mass is 10.0. The average Bonchev–Trinajstić information content (AvgIpc) is 2.32. The van der Waals surface area contributed by atoms with Crippen molar-refractivity contribution in [1.82, 2.24) is 4.98 Å². The molecule has 0 atom stereocenters. The Kier molecular flexibility index (Phi) is 9.19. The zero-order chi connectivity index (χ0) is 13.3. The van der Waals surface area contributed by atoms with Crippen molar-refractivity contribution in [2.75, 3.05) is 5.73 Å². The molecule has 1 aromatic rings. The van der Waals surface area contributed by atoms with Gasteiger partial charge >= 0.3 is 0 Å². The van der Waals surface area contributed by atoms with E-state index in [1.165, 1.54) is 0 Å². The Morgan fingerprint density at radius 2 is 1.44 bits per heavy atom. The molecule has 1 rings (SSSR count). The van der Waals surface area contributed by atoms with Crippen molar-refractivity contribution in [2.24, 2.45) is 0 Å². The largest absolute Gasteiger partial charge is 0.383 e. The van der Waals surface area contributed by atoms with Gasteiger partial charge in [0.15, 0.2) is 0 Å². The number of rotatable bonds is 0. The number of nitrogens with zero attached hydrogens (tertiary/aromatic N) is 2. The van der Waals surface area contributed by atoms with Crippen molar-refractivity contribution >= 4 is 5.82 Å². The van der Waals surface area contributed by atoms with Crippen LogP contribution in [0.4, 0.5) is 5.82 Å². The van der Waals surface area contributed by atoms with Crippen LogP contribution in [0, 0.1) is 32.1 Å². The second-order valence-electron chi connectivity index (χ2n) is 2.82. The number of hydrogen-bond donors (Lipinski definition) is 1. The molecule has 0 fully saturated rings. The molecule has 2 N–H and O–H groups in total. The first kappa shape index (κ1) is 16.9. The summed E-state index contributed by atoms with van der Waals surface area (Å²) in [5, 5.41) is 8.74. The van der Waals surface area contributed by atoms with Gasteiger partial charge in [0.25, 0.3) is 0 Å². The molecule has 0 spiro atoms. The minimum Gasteiger partial charge on any atom is -0.383 e. The molecule has 0 aliphatic carbocycles. The monoisotopic (exact) mass is 221 g/mol. The molecule has 3 nitrogen and oxygen atoms in total. The minimum absolute atomic E-state index is 0.332. The van der Waals surface area contributed by atoms with Crippen LogP contribution >= 0.6 is 0 Å². The van der Waals surface area contributed by atoms with E-state index in [0.29, 0.717) is 11.4 Å². The first-order valence-electron chi connectivity index (χ1n) is 5.71. The fraction of sp³-hybridized carbons (Fsp3) is 0.538. The molecular weight excluding hydrogens is 198 g/mol. The van der Waals surface area contributed by atoms with E-state index >= 15 is 0 Å². The standard InChI is InChI=1S/C9H11N3.2C2H6/c1-5-6(2)8(4-10)9(11)12-7(5)3;2*1-2/h1-3H3,(H2,11,12);2*1-2H3. The molecule has 0 bridgehead atoms. The van der Waals surface area contributed by atoms with Crippen LogP contribution in [0.1, 0.15) is 50.1 Å². The molecule has 16 heavy (non-hydrogen) atoms. The van der Waals surface area contributed by atoms with Crippen molar-refractivity contribution in [3.63, 3.8) is 0 Å². The lowest BCUT2D eigenvalue weighted by Crippen LogP contribution is -2.02. The molecule has 0 radical (unpaired) electrons. The molecule has 0 aromatic carbocycles. The average molecular weight is 221 g/mol. The second-order valence-corrected chi connectivity index (χ2v) is 2.82. The predicted octanol–water partition coefficient (Wildman–Crippen LogP) is 3.51. The molecule has 1 heterocycles. The van der Waals surface area contributed by atoms with Crippen molar-refractivity contribution in [2.45, 2.75) is 48.5 Å². The molecule has 0 unspecified atom stereocenters. The Morgan fingerprint density at radius 1 is 1.00 bits per heavy atom. The number of aryl methyl sites for hydroxylation is 1. The van der Waals surface area contributed by atoms with E-state index in [4.69, 9.17) is 11.0 Å². The van der Waals surface area contributed by atoms with Gasteiger partial charge in [-0.15, -0.1) is 0 Å². The van der Waals surface area contributed by atoms with E-state index in [2.05, 4.69) is 4.98 Å². The van der Waals surface area contributed by atoms with Gasteiger partial charge in [-0.3, -0.25) is 0 Å². The summed E-state index contributed by atoms with van der Waals surface area (Å²) in [7, 11) is 0. The van der Waals surface area contributed by atoms with Gasteiger partial charge in [-0.1, -0.05) is 27.7 Å². The fourth-order valence-corrected chi connectivity index (χ4v) is 1.11. The van der Waals surface area contributed by atoms with Crippen LogP contribution in [0.15, 0.2) is 0 Å². The van der Waals surface area contributed by atoms with Gasteiger partial charge in [0, 0.05) is 5.69 Å². The topological polar surface area (TPSA) is 62.7 Å². The lowest BCUT2D eigenvalue weighted by Gasteiger charge is -2.07. The highest BCUT2D eigenvalue weighted by atomic mass is 14.8. The molecule has 1 aromatic heterocycles. The Hall–Kier alpha value is -1.56. The third kappa shape index (κ3) is 3.90. The SMILES string of the molecule is CC.CC.Cc1nc(N)c(C#N)c(C)c1C. The second kappa shape index (κ2) is 8.72. The fourth-order valence-electron chi connectivity index (χ4n) is 1.11. The van der Waals surface area contributed by atoms with Crippen LogP contribution in [-0.2, 0) is 0 Å². The Balaban J connectivity index is 0. The molecule has 0 aliphatic heterocycles.